The molecule has 0 heterocycles. The molecule has 0 saturated heterocycles. The second-order valence-corrected chi connectivity index (χ2v) is 3.41. The molecule has 0 aromatic rings. The molecule has 1 unspecified atom stereocenters. The molecule has 1 N–H and O–H groups in total. The van der Waals surface area contributed by atoms with Crippen LogP contribution in [0.5, 0.6) is 0 Å². The number of aliphatic hydroxyl groups is 1. The van der Waals surface area contributed by atoms with Crippen LogP contribution >= 0.6 is 11.8 Å². The zero-order valence-corrected chi connectivity index (χ0v) is 7.69. The van der Waals surface area contributed by atoms with Gasteiger partial charge in [-0.3, -0.25) is 4.79 Å². The molecular weight excluding hydrogens is 164 g/mol. The second-order valence-electron chi connectivity index (χ2n) is 2.09. The number of esters is 1. The van der Waals surface area contributed by atoms with Gasteiger partial charge >= 0.3 is 5.97 Å². The molecule has 66 valence electrons. The molecule has 3 nitrogen and oxygen atoms in total. The van der Waals surface area contributed by atoms with Crippen molar-refractivity contribution in [1.29, 1.82) is 0 Å². The third-order valence-electron chi connectivity index (χ3n) is 1.14. The predicted octanol–water partition coefficient (Wildman–Crippen LogP) is 0.663. The molecule has 0 spiro atoms. The maximum Gasteiger partial charge on any atom is 0.308 e. The van der Waals surface area contributed by atoms with Crippen LogP contribution in [0.4, 0.5) is 0 Å². The van der Waals surface area contributed by atoms with Gasteiger partial charge in [-0.05, 0) is 5.75 Å². The van der Waals surface area contributed by atoms with E-state index in [4.69, 9.17) is 5.11 Å². The highest BCUT2D eigenvalue weighted by molar-refractivity contribution is 7.99. The van der Waals surface area contributed by atoms with Gasteiger partial charge in [-0.2, -0.15) is 11.8 Å². The van der Waals surface area contributed by atoms with E-state index < -0.39 is 6.10 Å². The molecule has 0 saturated carbocycles. The fourth-order valence-corrected chi connectivity index (χ4v) is 1.21. The largest absolute Gasteiger partial charge is 0.469 e. The minimum atomic E-state index is -0.563. The Bertz CT molecular complexity index is 116. The Kier molecular flexibility index (Phi) is 6.36. The molecule has 0 aromatic heterocycles. The number of aliphatic hydroxyl groups excluding tert-OH is 1. The van der Waals surface area contributed by atoms with Gasteiger partial charge in [-0.15, -0.1) is 0 Å². The summed E-state index contributed by atoms with van der Waals surface area (Å²) in [6, 6.07) is 0. The molecule has 0 bridgehead atoms. The van der Waals surface area contributed by atoms with Gasteiger partial charge in [-0.1, -0.05) is 6.92 Å². The van der Waals surface area contributed by atoms with Crippen LogP contribution in [0.3, 0.4) is 0 Å². The first-order valence-electron chi connectivity index (χ1n) is 3.53. The Hall–Kier alpha value is -0.220. The Morgan fingerprint density at radius 2 is 2.36 bits per heavy atom. The van der Waals surface area contributed by atoms with Crippen molar-refractivity contribution in [3.8, 4) is 0 Å². The maximum atomic E-state index is 10.6. The number of thioether (sulfide) groups is 1. The van der Waals surface area contributed by atoms with Crippen LogP contribution in [0.1, 0.15) is 13.3 Å². The Morgan fingerprint density at radius 1 is 1.73 bits per heavy atom. The van der Waals surface area contributed by atoms with Crippen LogP contribution in [-0.2, 0) is 9.53 Å². The van der Waals surface area contributed by atoms with Crippen LogP contribution in [0.15, 0.2) is 0 Å². The van der Waals surface area contributed by atoms with E-state index in [1.165, 1.54) is 7.11 Å². The Balaban J connectivity index is 3.35. The zero-order chi connectivity index (χ0) is 8.69. The topological polar surface area (TPSA) is 46.5 Å². The number of ether oxygens (including phenoxy) is 1. The highest BCUT2D eigenvalue weighted by atomic mass is 32.2. The highest BCUT2D eigenvalue weighted by Crippen LogP contribution is 2.04. The lowest BCUT2D eigenvalue weighted by Crippen LogP contribution is -2.16. The molecule has 4 heteroatoms. The smallest absolute Gasteiger partial charge is 0.308 e. The van der Waals surface area contributed by atoms with E-state index in [1.54, 1.807) is 11.8 Å². The van der Waals surface area contributed by atoms with Crippen LogP contribution < -0.4 is 0 Å². The third-order valence-corrected chi connectivity index (χ3v) is 2.17. The van der Waals surface area contributed by atoms with E-state index in [1.807, 2.05) is 6.92 Å². The van der Waals surface area contributed by atoms with E-state index in [0.29, 0.717) is 5.75 Å². The predicted molar refractivity (Wildman–Crippen MR) is 45.6 cm³/mol. The van der Waals surface area contributed by atoms with Crippen molar-refractivity contribution in [2.45, 2.75) is 19.4 Å². The third kappa shape index (κ3) is 6.19. The summed E-state index contributed by atoms with van der Waals surface area (Å²) in [5.74, 6) is 1.21. The molecule has 0 fully saturated rings. The van der Waals surface area contributed by atoms with Crippen molar-refractivity contribution in [1.82, 2.24) is 0 Å². The van der Waals surface area contributed by atoms with Crippen molar-refractivity contribution in [2.24, 2.45) is 0 Å². The molecule has 0 rings (SSSR count). The Morgan fingerprint density at radius 3 is 2.82 bits per heavy atom. The van der Waals surface area contributed by atoms with E-state index in [9.17, 15) is 4.79 Å². The highest BCUT2D eigenvalue weighted by Gasteiger charge is 2.09. The summed E-state index contributed by atoms with van der Waals surface area (Å²) in [5, 5.41) is 9.16. The molecule has 0 aromatic carbocycles. The van der Waals surface area contributed by atoms with Crippen molar-refractivity contribution in [2.75, 3.05) is 18.6 Å². The molecule has 1 atom stereocenters. The number of hydrogen-bond acceptors (Lipinski definition) is 4. The number of carbonyl (C=O) groups excluding carboxylic acids is 1. The molecule has 11 heavy (non-hydrogen) atoms. The summed E-state index contributed by atoms with van der Waals surface area (Å²) in [6.07, 6.45) is -0.462. The van der Waals surface area contributed by atoms with E-state index in [0.717, 1.165) is 5.75 Å². The van der Waals surface area contributed by atoms with Gasteiger partial charge in [0.15, 0.2) is 0 Å². The molecule has 0 amide bonds. The fraction of sp³-hybridized carbons (Fsp3) is 0.857. The second kappa shape index (κ2) is 6.49. The summed E-state index contributed by atoms with van der Waals surface area (Å²) in [6.45, 7) is 2.01. The summed E-state index contributed by atoms with van der Waals surface area (Å²) in [5.41, 5.74) is 0. The first kappa shape index (κ1) is 10.8. The molecular formula is C7H14O3S. The molecule has 0 aliphatic heterocycles. The fourth-order valence-electron chi connectivity index (χ4n) is 0.589. The molecule has 0 aliphatic carbocycles. The summed E-state index contributed by atoms with van der Waals surface area (Å²) >= 11 is 1.61. The van der Waals surface area contributed by atoms with Gasteiger partial charge < -0.3 is 9.84 Å². The summed E-state index contributed by atoms with van der Waals surface area (Å²) in [4.78, 5) is 10.6. The number of methoxy groups -OCH3 is 1. The average Bonchev–Trinajstić information content (AvgIpc) is 2.00. The van der Waals surface area contributed by atoms with Gasteiger partial charge in [0.1, 0.15) is 0 Å². The van der Waals surface area contributed by atoms with Crippen LogP contribution in [0.2, 0.25) is 0 Å². The van der Waals surface area contributed by atoms with Crippen molar-refractivity contribution in [3.05, 3.63) is 0 Å². The quantitative estimate of drug-likeness (QED) is 0.628. The maximum absolute atomic E-state index is 10.6. The first-order chi connectivity index (χ1) is 5.20. The number of rotatable bonds is 5. The van der Waals surface area contributed by atoms with Crippen LogP contribution in [-0.4, -0.2) is 35.8 Å². The number of carbonyl (C=O) groups is 1. The number of hydrogen-bond donors (Lipinski definition) is 1. The standard InChI is InChI=1S/C7H14O3S/c1-3-11-5-6(8)4-7(9)10-2/h6,8H,3-5H2,1-2H3. The van der Waals surface area contributed by atoms with Crippen molar-refractivity contribution < 1.29 is 14.6 Å². The van der Waals surface area contributed by atoms with E-state index in [2.05, 4.69) is 4.74 Å². The van der Waals surface area contributed by atoms with Gasteiger partial charge in [-0.25, -0.2) is 0 Å². The zero-order valence-electron chi connectivity index (χ0n) is 6.87. The van der Waals surface area contributed by atoms with Crippen LogP contribution in [0, 0.1) is 0 Å². The van der Waals surface area contributed by atoms with Crippen LogP contribution in [0.25, 0.3) is 0 Å². The van der Waals surface area contributed by atoms with Gasteiger partial charge in [0, 0.05) is 5.75 Å². The lowest BCUT2D eigenvalue weighted by molar-refractivity contribution is -0.142. The first-order valence-corrected chi connectivity index (χ1v) is 4.68. The Labute approximate surface area is 71.1 Å². The SMILES string of the molecule is CCSCC(O)CC(=O)OC. The van der Waals surface area contributed by atoms with Crippen molar-refractivity contribution >= 4 is 17.7 Å². The normalized spacial score (nSPS) is 12.6. The lowest BCUT2D eigenvalue weighted by Gasteiger charge is -2.06. The minimum Gasteiger partial charge on any atom is -0.469 e. The van der Waals surface area contributed by atoms with Crippen molar-refractivity contribution in [3.63, 3.8) is 0 Å². The molecule has 0 aliphatic rings. The molecule has 0 radical (unpaired) electrons. The average molecular weight is 178 g/mol. The lowest BCUT2D eigenvalue weighted by atomic mass is 10.3. The van der Waals surface area contributed by atoms with Gasteiger partial charge in [0.05, 0.1) is 19.6 Å². The summed E-state index contributed by atoms with van der Waals surface area (Å²) in [7, 11) is 1.32. The van der Waals surface area contributed by atoms with Gasteiger partial charge in [0.2, 0.25) is 0 Å². The monoisotopic (exact) mass is 178 g/mol. The van der Waals surface area contributed by atoms with E-state index >= 15 is 0 Å². The van der Waals surface area contributed by atoms with E-state index in [-0.39, 0.29) is 12.4 Å². The van der Waals surface area contributed by atoms with Gasteiger partial charge in [0.25, 0.3) is 0 Å². The summed E-state index contributed by atoms with van der Waals surface area (Å²) < 4.78 is 4.39. The minimum absolute atomic E-state index is 0.101.